The minimum Gasteiger partial charge on any atom is -0.469 e. The average molecular weight is 360 g/mol. The Balaban J connectivity index is 1.76. The molecule has 1 spiro atoms. The molecule has 0 radical (unpaired) electrons. The highest BCUT2D eigenvalue weighted by atomic mass is 16.7. The number of fused-ring (bicyclic) bond motifs is 4. The first-order valence-corrected chi connectivity index (χ1v) is 8.98. The second-order valence-electron chi connectivity index (χ2n) is 8.10. The van der Waals surface area contributed by atoms with Crippen molar-refractivity contribution in [2.75, 3.05) is 26.9 Å². The van der Waals surface area contributed by atoms with Gasteiger partial charge in [0.1, 0.15) is 0 Å². The van der Waals surface area contributed by atoms with E-state index in [4.69, 9.17) is 18.9 Å². The third-order valence-electron chi connectivity index (χ3n) is 5.63. The molecule has 2 aliphatic heterocycles. The number of hydrogen-bond acceptors (Lipinski definition) is 6. The van der Waals surface area contributed by atoms with E-state index in [1.807, 2.05) is 18.2 Å². The van der Waals surface area contributed by atoms with Crippen LogP contribution in [-0.4, -0.2) is 44.8 Å². The number of carbonyl (C=O) groups excluding carboxylic acids is 2. The number of esters is 1. The summed E-state index contributed by atoms with van der Waals surface area (Å²) in [4.78, 5) is 25.0. The van der Waals surface area contributed by atoms with E-state index in [1.165, 1.54) is 7.11 Å². The molecule has 0 N–H and O–H groups in total. The molecule has 26 heavy (non-hydrogen) atoms. The molecule has 0 bridgehead atoms. The molecule has 0 amide bonds. The Morgan fingerprint density at radius 3 is 2.62 bits per heavy atom. The van der Waals surface area contributed by atoms with Gasteiger partial charge < -0.3 is 18.9 Å². The lowest BCUT2D eigenvalue weighted by molar-refractivity contribution is -0.336. The van der Waals surface area contributed by atoms with Crippen LogP contribution in [-0.2, 0) is 29.5 Å². The van der Waals surface area contributed by atoms with E-state index in [1.54, 1.807) is 6.07 Å². The Hall–Kier alpha value is -1.76. The van der Waals surface area contributed by atoms with E-state index in [9.17, 15) is 9.59 Å². The molecule has 4 rings (SSSR count). The number of hydrogen-bond donors (Lipinski definition) is 0. The Bertz CT molecular complexity index is 730. The van der Waals surface area contributed by atoms with Gasteiger partial charge in [0.15, 0.2) is 5.78 Å². The third kappa shape index (κ3) is 2.59. The molecule has 6 nitrogen and oxygen atoms in total. The van der Waals surface area contributed by atoms with Gasteiger partial charge in [0.05, 0.1) is 51.3 Å². The van der Waals surface area contributed by atoms with Crippen molar-refractivity contribution in [3.63, 3.8) is 0 Å². The molecule has 140 valence electrons. The normalized spacial score (nSPS) is 31.3. The topological polar surface area (TPSA) is 71.1 Å². The fourth-order valence-electron chi connectivity index (χ4n) is 4.26. The highest BCUT2D eigenvalue weighted by Crippen LogP contribution is 2.53. The molecule has 1 aromatic carbocycles. The summed E-state index contributed by atoms with van der Waals surface area (Å²) in [5.74, 6) is -2.17. The number of carbonyl (C=O) groups is 2. The lowest BCUT2D eigenvalue weighted by Crippen LogP contribution is -2.56. The summed E-state index contributed by atoms with van der Waals surface area (Å²) in [5.41, 5.74) is 1.26. The molecule has 3 aliphatic rings. The van der Waals surface area contributed by atoms with Crippen molar-refractivity contribution in [3.8, 4) is 0 Å². The van der Waals surface area contributed by atoms with Crippen molar-refractivity contribution in [3.05, 3.63) is 35.4 Å². The van der Waals surface area contributed by atoms with Gasteiger partial charge in [-0.3, -0.25) is 9.59 Å². The SMILES string of the molecule is COC(=O)C[C@@H]1OC[C@@H]2[C@H]1C(=O)c1ccccc1C21OCC(C)(C)CO1. The lowest BCUT2D eigenvalue weighted by Gasteiger charge is -2.50. The van der Waals surface area contributed by atoms with Crippen LogP contribution in [0.4, 0.5) is 0 Å². The van der Waals surface area contributed by atoms with Gasteiger partial charge in [-0.05, 0) is 0 Å². The summed E-state index contributed by atoms with van der Waals surface area (Å²) in [5, 5.41) is 0. The number of ether oxygens (including phenoxy) is 4. The summed E-state index contributed by atoms with van der Waals surface area (Å²) in [6, 6.07) is 7.43. The Kier molecular flexibility index (Phi) is 4.17. The summed E-state index contributed by atoms with van der Waals surface area (Å²) in [6.45, 7) is 5.54. The Morgan fingerprint density at radius 1 is 1.23 bits per heavy atom. The van der Waals surface area contributed by atoms with Gasteiger partial charge in [-0.25, -0.2) is 0 Å². The second kappa shape index (κ2) is 6.15. The highest BCUT2D eigenvalue weighted by Gasteiger charge is 2.61. The molecule has 2 heterocycles. The van der Waals surface area contributed by atoms with Crippen molar-refractivity contribution < 1.29 is 28.5 Å². The monoisotopic (exact) mass is 360 g/mol. The van der Waals surface area contributed by atoms with Crippen molar-refractivity contribution in [2.24, 2.45) is 17.3 Å². The summed E-state index contributed by atoms with van der Waals surface area (Å²) in [7, 11) is 1.34. The van der Waals surface area contributed by atoms with Gasteiger partial charge in [0.2, 0.25) is 5.79 Å². The van der Waals surface area contributed by atoms with Crippen molar-refractivity contribution >= 4 is 11.8 Å². The van der Waals surface area contributed by atoms with E-state index in [2.05, 4.69) is 13.8 Å². The van der Waals surface area contributed by atoms with Crippen LogP contribution >= 0.6 is 0 Å². The minimum absolute atomic E-state index is 0.0142. The highest BCUT2D eigenvalue weighted by molar-refractivity contribution is 6.01. The smallest absolute Gasteiger partial charge is 0.308 e. The fourth-order valence-corrected chi connectivity index (χ4v) is 4.26. The molecule has 0 saturated carbocycles. The van der Waals surface area contributed by atoms with E-state index < -0.39 is 17.8 Å². The summed E-state index contributed by atoms with van der Waals surface area (Å²) < 4.78 is 23.3. The van der Waals surface area contributed by atoms with Gasteiger partial charge >= 0.3 is 5.97 Å². The molecule has 1 aliphatic carbocycles. The van der Waals surface area contributed by atoms with Gasteiger partial charge in [0, 0.05) is 16.5 Å². The third-order valence-corrected chi connectivity index (χ3v) is 5.63. The first-order chi connectivity index (χ1) is 12.4. The van der Waals surface area contributed by atoms with E-state index in [0.717, 1.165) is 5.56 Å². The molecule has 6 heteroatoms. The largest absolute Gasteiger partial charge is 0.469 e. The molecule has 2 saturated heterocycles. The van der Waals surface area contributed by atoms with E-state index in [-0.39, 0.29) is 29.5 Å². The molecular formula is C20H24O6. The molecule has 3 atom stereocenters. The number of Topliss-reactive ketones (excluding diaryl/α,β-unsaturated/α-hetero) is 1. The van der Waals surface area contributed by atoms with Gasteiger partial charge in [-0.1, -0.05) is 38.1 Å². The fraction of sp³-hybridized carbons (Fsp3) is 0.600. The number of methoxy groups -OCH3 is 1. The zero-order chi connectivity index (χ0) is 18.5. The molecule has 2 fully saturated rings. The maximum atomic E-state index is 13.2. The van der Waals surface area contributed by atoms with Crippen LogP contribution in [0, 0.1) is 17.3 Å². The molecule has 1 aromatic rings. The second-order valence-corrected chi connectivity index (χ2v) is 8.10. The lowest BCUT2D eigenvalue weighted by atomic mass is 9.69. The van der Waals surface area contributed by atoms with Crippen molar-refractivity contribution in [1.29, 1.82) is 0 Å². The van der Waals surface area contributed by atoms with Gasteiger partial charge in [0.25, 0.3) is 0 Å². The van der Waals surface area contributed by atoms with Crippen molar-refractivity contribution in [2.45, 2.75) is 32.2 Å². The van der Waals surface area contributed by atoms with E-state index >= 15 is 0 Å². The molecule has 0 unspecified atom stereocenters. The maximum Gasteiger partial charge on any atom is 0.308 e. The predicted molar refractivity (Wildman–Crippen MR) is 91.5 cm³/mol. The maximum absolute atomic E-state index is 13.2. The minimum atomic E-state index is -1.00. The predicted octanol–water partition coefficient (Wildman–Crippen LogP) is 2.30. The van der Waals surface area contributed by atoms with Gasteiger partial charge in [-0.15, -0.1) is 0 Å². The average Bonchev–Trinajstić information content (AvgIpc) is 3.05. The molecular weight excluding hydrogens is 336 g/mol. The Morgan fingerprint density at radius 2 is 1.92 bits per heavy atom. The van der Waals surface area contributed by atoms with E-state index in [0.29, 0.717) is 25.4 Å². The van der Waals surface area contributed by atoms with Crippen LogP contribution in [0.2, 0.25) is 0 Å². The standard InChI is InChI=1S/C20H24O6/c1-19(2)10-25-20(26-11-19)13-7-5-4-6-12(13)18(22)17-14(20)9-24-15(17)8-16(21)23-3/h4-7,14-15,17H,8-11H2,1-3H3/t14-,15+,17-/m1/s1. The zero-order valence-electron chi connectivity index (χ0n) is 15.3. The van der Waals surface area contributed by atoms with Crippen LogP contribution in [0.15, 0.2) is 24.3 Å². The summed E-state index contributed by atoms with van der Waals surface area (Å²) in [6.07, 6.45) is -0.472. The first kappa shape index (κ1) is 17.6. The van der Waals surface area contributed by atoms with Crippen LogP contribution in [0.3, 0.4) is 0 Å². The van der Waals surface area contributed by atoms with Crippen LogP contribution in [0.25, 0.3) is 0 Å². The van der Waals surface area contributed by atoms with Crippen LogP contribution in [0.5, 0.6) is 0 Å². The van der Waals surface area contributed by atoms with Gasteiger partial charge in [-0.2, -0.15) is 0 Å². The molecule has 0 aromatic heterocycles. The quantitative estimate of drug-likeness (QED) is 0.754. The van der Waals surface area contributed by atoms with Crippen molar-refractivity contribution in [1.82, 2.24) is 0 Å². The Labute approximate surface area is 152 Å². The first-order valence-electron chi connectivity index (χ1n) is 8.98. The van der Waals surface area contributed by atoms with Crippen LogP contribution < -0.4 is 0 Å². The number of rotatable bonds is 2. The number of ketones is 1. The summed E-state index contributed by atoms with van der Waals surface area (Å²) >= 11 is 0. The number of benzene rings is 1. The zero-order valence-corrected chi connectivity index (χ0v) is 15.3. The van der Waals surface area contributed by atoms with Crippen LogP contribution in [0.1, 0.15) is 36.2 Å².